The minimum Gasteiger partial charge on any atom is -0.493 e. The van der Waals surface area contributed by atoms with Crippen LogP contribution in [0.5, 0.6) is 5.75 Å². The van der Waals surface area contributed by atoms with Crippen LogP contribution in [0.1, 0.15) is 48.6 Å². The van der Waals surface area contributed by atoms with E-state index >= 15 is 0 Å². The highest BCUT2D eigenvalue weighted by Gasteiger charge is 2.33. The van der Waals surface area contributed by atoms with E-state index in [1.54, 1.807) is 19.5 Å². The van der Waals surface area contributed by atoms with E-state index in [0.717, 1.165) is 57.6 Å². The van der Waals surface area contributed by atoms with Crippen LogP contribution in [0, 0.1) is 0 Å². The number of aromatic nitrogens is 2. The van der Waals surface area contributed by atoms with E-state index in [9.17, 15) is 9.67 Å². The summed E-state index contributed by atoms with van der Waals surface area (Å²) in [5, 5.41) is 11.4. The molecular formula is C32H37N4O3P. The number of benzene rings is 3. The normalized spacial score (nSPS) is 14.5. The van der Waals surface area contributed by atoms with Crippen LogP contribution in [-0.2, 0) is 11.6 Å². The highest BCUT2D eigenvalue weighted by Crippen LogP contribution is 2.47. The van der Waals surface area contributed by atoms with E-state index in [-0.39, 0.29) is 6.54 Å². The Morgan fingerprint density at radius 1 is 1.12 bits per heavy atom. The fourth-order valence-electron chi connectivity index (χ4n) is 5.04. The lowest BCUT2D eigenvalue weighted by molar-refractivity contribution is 0.187. The van der Waals surface area contributed by atoms with Crippen molar-refractivity contribution in [2.75, 3.05) is 32.2 Å². The summed E-state index contributed by atoms with van der Waals surface area (Å²) >= 11 is 0. The maximum Gasteiger partial charge on any atom is 0.144 e. The van der Waals surface area contributed by atoms with E-state index in [2.05, 4.69) is 9.56 Å². The van der Waals surface area contributed by atoms with Gasteiger partial charge in [-0.1, -0.05) is 48.5 Å². The molecule has 0 bridgehead atoms. The number of rotatable bonds is 10. The van der Waals surface area contributed by atoms with Gasteiger partial charge >= 0.3 is 0 Å². The van der Waals surface area contributed by atoms with Gasteiger partial charge in [0.2, 0.25) is 0 Å². The maximum atomic E-state index is 12.8. The Labute approximate surface area is 236 Å². The average molecular weight is 557 g/mol. The Morgan fingerprint density at radius 3 is 2.55 bits per heavy atom. The first-order chi connectivity index (χ1) is 19.2. The number of imidazole rings is 1. The Hall–Kier alpha value is -3.67. The molecule has 8 heteroatoms. The lowest BCUT2D eigenvalue weighted by Crippen LogP contribution is -2.07. The van der Waals surface area contributed by atoms with E-state index in [1.807, 2.05) is 80.7 Å². The summed E-state index contributed by atoms with van der Waals surface area (Å²) < 4.78 is 21.0. The first-order valence-electron chi connectivity index (χ1n) is 13.7. The Bertz CT molecular complexity index is 1590. The van der Waals surface area contributed by atoms with Crippen molar-refractivity contribution in [1.82, 2.24) is 9.55 Å². The van der Waals surface area contributed by atoms with Gasteiger partial charge in [-0.05, 0) is 56.9 Å². The monoisotopic (exact) mass is 556 g/mol. The highest BCUT2D eigenvalue weighted by molar-refractivity contribution is 7.70. The van der Waals surface area contributed by atoms with Crippen LogP contribution < -0.4 is 15.8 Å². The molecule has 1 heterocycles. The minimum absolute atomic E-state index is 0.226. The molecule has 0 radical (unpaired) electrons. The third-order valence-electron chi connectivity index (χ3n) is 7.31. The summed E-state index contributed by atoms with van der Waals surface area (Å²) in [5.74, 6) is 1.88. The molecule has 1 saturated carbocycles. The van der Waals surface area contributed by atoms with Gasteiger partial charge in [0.15, 0.2) is 0 Å². The van der Waals surface area contributed by atoms with Crippen molar-refractivity contribution >= 4 is 24.3 Å². The molecule has 1 aliphatic carbocycles. The number of nitrogens with zero attached hydrogens (tertiary/aromatic N) is 3. The summed E-state index contributed by atoms with van der Waals surface area (Å²) in [6.45, 7) is 6.20. The van der Waals surface area contributed by atoms with Gasteiger partial charge in [0.05, 0.1) is 30.5 Å². The largest absolute Gasteiger partial charge is 0.493 e. The molecule has 1 aliphatic rings. The molecule has 208 valence electrons. The SMILES string of the molecule is CCOc1cc(P(C)(C)=O)ccc1-c1nc(-c2cccc(N)c2C=NC[C@H](O)c2ccccc2)c(C2CC2)n1C. The second-order valence-corrected chi connectivity index (χ2v) is 13.9. The Kier molecular flexibility index (Phi) is 7.97. The lowest BCUT2D eigenvalue weighted by atomic mass is 10.0. The standard InChI is InChI=1S/C32H37N4O3P/c1-5-39-29-18-23(40(3,4)38)16-17-25(29)32-35-30(31(36(32)2)22-14-15-22)24-12-9-13-27(33)26(24)19-34-20-28(37)21-10-7-6-8-11-21/h6-13,16-19,22,28,37H,5,14-15,20,33H2,1-4H3/t28-/m0/s1. The molecule has 4 aromatic rings. The minimum atomic E-state index is -2.45. The smallest absolute Gasteiger partial charge is 0.144 e. The molecule has 40 heavy (non-hydrogen) atoms. The van der Waals surface area contributed by atoms with Crippen molar-refractivity contribution in [3.05, 3.63) is 83.6 Å². The molecule has 0 amide bonds. The molecule has 0 unspecified atom stereocenters. The number of hydrogen-bond acceptors (Lipinski definition) is 6. The number of anilines is 1. The lowest BCUT2D eigenvalue weighted by Gasteiger charge is -2.14. The van der Waals surface area contributed by atoms with Crippen molar-refractivity contribution in [2.45, 2.75) is 31.8 Å². The fourth-order valence-corrected chi connectivity index (χ4v) is 5.90. The van der Waals surface area contributed by atoms with Crippen LogP contribution in [0.15, 0.2) is 71.7 Å². The number of hydrogen-bond donors (Lipinski definition) is 2. The second-order valence-electron chi connectivity index (χ2n) is 10.7. The molecule has 0 spiro atoms. The van der Waals surface area contributed by atoms with Crippen LogP contribution >= 0.6 is 7.14 Å². The molecular weight excluding hydrogens is 519 g/mol. The predicted octanol–water partition coefficient (Wildman–Crippen LogP) is 6.01. The number of aliphatic imine (C=N–C) groups is 1. The molecule has 7 nitrogen and oxygen atoms in total. The van der Waals surface area contributed by atoms with Crippen LogP contribution in [0.25, 0.3) is 22.6 Å². The third kappa shape index (κ3) is 5.77. The zero-order valence-electron chi connectivity index (χ0n) is 23.5. The van der Waals surface area contributed by atoms with Gasteiger partial charge in [-0.25, -0.2) is 4.98 Å². The number of aliphatic hydroxyl groups is 1. The van der Waals surface area contributed by atoms with Gasteiger partial charge in [0, 0.05) is 47.0 Å². The van der Waals surface area contributed by atoms with Crippen molar-refractivity contribution < 1.29 is 14.4 Å². The van der Waals surface area contributed by atoms with Gasteiger partial charge in [-0.3, -0.25) is 4.99 Å². The van der Waals surface area contributed by atoms with E-state index in [1.165, 1.54) is 0 Å². The average Bonchev–Trinajstić information content (AvgIpc) is 3.71. The Balaban J connectivity index is 1.57. The highest BCUT2D eigenvalue weighted by atomic mass is 31.2. The Morgan fingerprint density at radius 2 is 1.88 bits per heavy atom. The number of aliphatic hydroxyl groups excluding tert-OH is 1. The van der Waals surface area contributed by atoms with E-state index < -0.39 is 13.2 Å². The van der Waals surface area contributed by atoms with E-state index in [0.29, 0.717) is 24.0 Å². The zero-order valence-corrected chi connectivity index (χ0v) is 24.4. The van der Waals surface area contributed by atoms with Gasteiger partial charge in [-0.2, -0.15) is 0 Å². The van der Waals surface area contributed by atoms with Gasteiger partial charge < -0.3 is 24.7 Å². The van der Waals surface area contributed by atoms with Gasteiger partial charge in [0.1, 0.15) is 18.7 Å². The summed E-state index contributed by atoms with van der Waals surface area (Å²) in [7, 11) is -0.408. The second kappa shape index (κ2) is 11.4. The summed E-state index contributed by atoms with van der Waals surface area (Å²) in [4.78, 5) is 9.76. The predicted molar refractivity (Wildman–Crippen MR) is 165 cm³/mol. The molecule has 3 aromatic carbocycles. The van der Waals surface area contributed by atoms with Crippen LogP contribution in [0.4, 0.5) is 5.69 Å². The quantitative estimate of drug-likeness (QED) is 0.141. The third-order valence-corrected chi connectivity index (χ3v) is 8.83. The topological polar surface area (TPSA) is 103 Å². The van der Waals surface area contributed by atoms with Crippen molar-refractivity contribution in [1.29, 1.82) is 0 Å². The first kappa shape index (κ1) is 27.9. The number of nitrogen functional groups attached to an aromatic ring is 1. The molecule has 3 N–H and O–H groups in total. The van der Waals surface area contributed by atoms with E-state index in [4.69, 9.17) is 15.5 Å². The van der Waals surface area contributed by atoms with Crippen molar-refractivity contribution in [3.63, 3.8) is 0 Å². The molecule has 1 fully saturated rings. The summed E-state index contributed by atoms with van der Waals surface area (Å²) in [6.07, 6.45) is 3.26. The fraction of sp³-hybridized carbons (Fsp3) is 0.312. The molecule has 5 rings (SSSR count). The summed E-state index contributed by atoms with van der Waals surface area (Å²) in [5.41, 5.74) is 12.5. The zero-order chi connectivity index (χ0) is 28.4. The van der Waals surface area contributed by atoms with Crippen molar-refractivity contribution in [2.24, 2.45) is 12.0 Å². The molecule has 0 saturated heterocycles. The summed E-state index contributed by atoms with van der Waals surface area (Å²) in [6, 6.07) is 21.1. The molecule has 0 aliphatic heterocycles. The first-order valence-corrected chi connectivity index (χ1v) is 16.3. The van der Waals surface area contributed by atoms with Crippen LogP contribution in [-0.4, -0.2) is 47.4 Å². The van der Waals surface area contributed by atoms with Gasteiger partial charge in [-0.15, -0.1) is 0 Å². The molecule has 1 atom stereocenters. The van der Waals surface area contributed by atoms with Crippen molar-refractivity contribution in [3.8, 4) is 28.4 Å². The van der Waals surface area contributed by atoms with Crippen LogP contribution in [0.2, 0.25) is 0 Å². The molecule has 1 aromatic heterocycles. The maximum absolute atomic E-state index is 12.8. The number of ether oxygens (including phenoxy) is 1. The van der Waals surface area contributed by atoms with Gasteiger partial charge in [0.25, 0.3) is 0 Å². The van der Waals surface area contributed by atoms with Crippen LogP contribution in [0.3, 0.4) is 0 Å². The number of nitrogens with two attached hydrogens (primary N) is 1.